The fourth-order valence-corrected chi connectivity index (χ4v) is 0.840. The van der Waals surface area contributed by atoms with Gasteiger partial charge in [0.05, 0.1) is 6.61 Å². The summed E-state index contributed by atoms with van der Waals surface area (Å²) in [6.45, 7) is 3.64. The fraction of sp³-hybridized carbons (Fsp3) is 0.333. The van der Waals surface area contributed by atoms with Gasteiger partial charge in [-0.15, -0.1) is 5.10 Å². The van der Waals surface area contributed by atoms with Crippen molar-refractivity contribution in [2.75, 3.05) is 6.61 Å². The van der Waals surface area contributed by atoms with Crippen molar-refractivity contribution in [3.8, 4) is 0 Å². The summed E-state index contributed by atoms with van der Waals surface area (Å²) in [5.41, 5.74) is 0.393. The number of ether oxygens (including phenoxy) is 1. The molecule has 1 aromatic heterocycles. The molecule has 15 heavy (non-hydrogen) atoms. The zero-order valence-electron chi connectivity index (χ0n) is 8.57. The third-order valence-corrected chi connectivity index (χ3v) is 1.45. The van der Waals surface area contributed by atoms with E-state index in [9.17, 15) is 4.79 Å². The number of aromatic nitrogens is 3. The van der Waals surface area contributed by atoms with Crippen LogP contribution in [-0.4, -0.2) is 33.5 Å². The number of esters is 1. The normalized spacial score (nSPS) is 10.5. The van der Waals surface area contributed by atoms with Gasteiger partial charge in [-0.3, -0.25) is 5.10 Å². The minimum atomic E-state index is -0.556. The third-order valence-electron chi connectivity index (χ3n) is 1.45. The highest BCUT2D eigenvalue weighted by Gasteiger charge is 2.11. The van der Waals surface area contributed by atoms with Crippen LogP contribution in [0.2, 0.25) is 0 Å². The summed E-state index contributed by atoms with van der Waals surface area (Å²) in [6, 6.07) is 0. The van der Waals surface area contributed by atoms with Gasteiger partial charge in [-0.1, -0.05) is 0 Å². The van der Waals surface area contributed by atoms with Crippen LogP contribution in [0.25, 0.3) is 6.08 Å². The number of carbonyl (C=O) groups excluding carboxylic acids is 1. The first-order valence-corrected chi connectivity index (χ1v) is 4.46. The molecule has 0 aliphatic rings. The zero-order chi connectivity index (χ0) is 11.3. The minimum Gasteiger partial charge on any atom is -0.460 e. The third kappa shape index (κ3) is 3.34. The van der Waals surface area contributed by atoms with Crippen LogP contribution in [0.5, 0.6) is 0 Å². The molecule has 0 radical (unpaired) electrons. The van der Waals surface area contributed by atoms with E-state index in [4.69, 9.17) is 10.1 Å². The summed E-state index contributed by atoms with van der Waals surface area (Å²) in [5, 5.41) is 13.4. The topological polar surface area (TPSA) is 91.7 Å². The summed E-state index contributed by atoms with van der Waals surface area (Å²) in [4.78, 5) is 15.0. The van der Waals surface area contributed by atoms with Gasteiger partial charge < -0.3 is 10.1 Å². The molecule has 0 fully saturated rings. The number of allylic oxidation sites excluding steroid dienone is 1. The van der Waals surface area contributed by atoms with Gasteiger partial charge in [0.1, 0.15) is 5.82 Å². The Hall–Kier alpha value is -1.98. The molecule has 6 nitrogen and oxygen atoms in total. The van der Waals surface area contributed by atoms with Crippen LogP contribution < -0.4 is 0 Å². The van der Waals surface area contributed by atoms with Crippen molar-refractivity contribution >= 4 is 17.8 Å². The molecule has 0 bridgehead atoms. The highest BCUT2D eigenvalue weighted by Crippen LogP contribution is 1.97. The maximum Gasteiger partial charge on any atom is 0.378 e. The molecule has 0 aliphatic heterocycles. The first-order valence-electron chi connectivity index (χ1n) is 4.46. The maximum atomic E-state index is 11.2. The second-order valence-corrected chi connectivity index (χ2v) is 2.78. The number of hydrogen-bond acceptors (Lipinski definition) is 5. The Morgan fingerprint density at radius 2 is 2.40 bits per heavy atom. The van der Waals surface area contributed by atoms with Crippen LogP contribution in [0.4, 0.5) is 0 Å². The highest BCUT2D eigenvalue weighted by atomic mass is 16.5. The molecule has 80 valence electrons. The monoisotopic (exact) mass is 208 g/mol. The van der Waals surface area contributed by atoms with E-state index in [1.165, 1.54) is 0 Å². The lowest BCUT2D eigenvalue weighted by Gasteiger charge is -1.93. The average molecular weight is 208 g/mol. The molecular weight excluding hydrogens is 196 g/mol. The summed E-state index contributed by atoms with van der Waals surface area (Å²) in [6.07, 6.45) is 3.12. The molecule has 6 heteroatoms. The van der Waals surface area contributed by atoms with Crippen molar-refractivity contribution in [2.45, 2.75) is 13.8 Å². The Balaban J connectivity index is 2.72. The second kappa shape index (κ2) is 5.04. The van der Waals surface area contributed by atoms with Crippen LogP contribution in [0.1, 0.15) is 30.3 Å². The van der Waals surface area contributed by atoms with Crippen molar-refractivity contribution in [3.63, 3.8) is 0 Å². The number of nitrogens with zero attached hydrogens (tertiary/aromatic N) is 2. The molecular formula is C9H12N4O2. The van der Waals surface area contributed by atoms with E-state index in [1.807, 2.05) is 0 Å². The summed E-state index contributed by atoms with van der Waals surface area (Å²) >= 11 is 0. The Morgan fingerprint density at radius 1 is 1.67 bits per heavy atom. The van der Waals surface area contributed by atoms with Gasteiger partial charge in [0.2, 0.25) is 0 Å². The van der Waals surface area contributed by atoms with Crippen molar-refractivity contribution in [1.29, 1.82) is 5.41 Å². The average Bonchev–Trinajstić information content (AvgIpc) is 2.63. The molecule has 0 saturated heterocycles. The second-order valence-electron chi connectivity index (χ2n) is 2.78. The lowest BCUT2D eigenvalue weighted by Crippen LogP contribution is -2.06. The maximum absolute atomic E-state index is 11.2. The molecule has 0 unspecified atom stereocenters. The van der Waals surface area contributed by atoms with E-state index in [1.54, 1.807) is 26.0 Å². The summed E-state index contributed by atoms with van der Waals surface area (Å²) < 4.78 is 4.72. The molecule has 0 spiro atoms. The van der Waals surface area contributed by atoms with Gasteiger partial charge in [0.25, 0.3) is 5.82 Å². The number of hydrogen-bond donors (Lipinski definition) is 2. The lowest BCUT2D eigenvalue weighted by molar-refractivity contribution is 0.0512. The smallest absolute Gasteiger partial charge is 0.378 e. The van der Waals surface area contributed by atoms with Crippen molar-refractivity contribution in [3.05, 3.63) is 17.7 Å². The largest absolute Gasteiger partial charge is 0.460 e. The van der Waals surface area contributed by atoms with E-state index >= 15 is 0 Å². The number of carbonyl (C=O) groups is 1. The van der Waals surface area contributed by atoms with Gasteiger partial charge in [-0.2, -0.15) is 0 Å². The standard InChI is InChI=1S/C9H12N4O2/c1-3-15-9(14)8-11-7(12-13-8)5-4-6(2)10/h4-5,10H,3H2,1-2H3,(H,11,12,13)/b5-4-,10-6?. The Kier molecular flexibility index (Phi) is 3.73. The predicted octanol–water partition coefficient (Wildman–Crippen LogP) is 1.03. The lowest BCUT2D eigenvalue weighted by atomic mass is 10.4. The zero-order valence-corrected chi connectivity index (χ0v) is 8.57. The van der Waals surface area contributed by atoms with Gasteiger partial charge in [-0.05, 0) is 26.0 Å². The van der Waals surface area contributed by atoms with E-state index < -0.39 is 5.97 Å². The first-order chi connectivity index (χ1) is 7.13. The number of nitrogens with one attached hydrogen (secondary N) is 2. The van der Waals surface area contributed by atoms with Crippen LogP contribution in [0, 0.1) is 5.41 Å². The van der Waals surface area contributed by atoms with Gasteiger partial charge in [0, 0.05) is 5.71 Å². The van der Waals surface area contributed by atoms with Gasteiger partial charge in [0.15, 0.2) is 0 Å². The molecule has 0 amide bonds. The fourth-order valence-electron chi connectivity index (χ4n) is 0.840. The number of rotatable bonds is 4. The highest BCUT2D eigenvalue weighted by molar-refractivity contribution is 5.93. The molecule has 0 atom stereocenters. The van der Waals surface area contributed by atoms with E-state index in [0.717, 1.165) is 0 Å². The molecule has 0 aliphatic carbocycles. The van der Waals surface area contributed by atoms with E-state index in [-0.39, 0.29) is 12.4 Å². The quantitative estimate of drug-likeness (QED) is 0.571. The van der Waals surface area contributed by atoms with Crippen molar-refractivity contribution < 1.29 is 9.53 Å². The Bertz CT molecular complexity index is 395. The van der Waals surface area contributed by atoms with Crippen molar-refractivity contribution in [1.82, 2.24) is 15.2 Å². The molecule has 0 saturated carbocycles. The van der Waals surface area contributed by atoms with Crippen LogP contribution in [-0.2, 0) is 4.74 Å². The molecule has 1 heterocycles. The van der Waals surface area contributed by atoms with Crippen LogP contribution in [0.3, 0.4) is 0 Å². The minimum absolute atomic E-state index is 0.000802. The summed E-state index contributed by atoms with van der Waals surface area (Å²) in [7, 11) is 0. The number of H-pyrrole nitrogens is 1. The number of aromatic amines is 1. The summed E-state index contributed by atoms with van der Waals surface area (Å²) in [5.74, 6) is -0.135. The van der Waals surface area contributed by atoms with Crippen LogP contribution >= 0.6 is 0 Å². The molecule has 0 aromatic carbocycles. The van der Waals surface area contributed by atoms with Gasteiger partial charge >= 0.3 is 5.97 Å². The van der Waals surface area contributed by atoms with Crippen LogP contribution in [0.15, 0.2) is 6.08 Å². The van der Waals surface area contributed by atoms with E-state index in [0.29, 0.717) is 11.5 Å². The van der Waals surface area contributed by atoms with Crippen molar-refractivity contribution in [2.24, 2.45) is 0 Å². The molecule has 1 aromatic rings. The van der Waals surface area contributed by atoms with Gasteiger partial charge in [-0.25, -0.2) is 9.78 Å². The Labute approximate surface area is 86.9 Å². The predicted molar refractivity (Wildman–Crippen MR) is 54.8 cm³/mol. The Morgan fingerprint density at radius 3 is 3.00 bits per heavy atom. The first kappa shape index (κ1) is 11.1. The SMILES string of the molecule is CCOC(=O)c1n[nH]c(/C=C\C(C)=N)n1. The molecule has 1 rings (SSSR count). The molecule has 2 N–H and O–H groups in total. The van der Waals surface area contributed by atoms with E-state index in [2.05, 4.69) is 15.2 Å².